The molecule has 1 aromatic carbocycles. The molecule has 0 bridgehead atoms. The Kier molecular flexibility index (Phi) is 5.62. The van der Waals surface area contributed by atoms with Crippen LogP contribution in [-0.2, 0) is 6.42 Å². The van der Waals surface area contributed by atoms with Gasteiger partial charge in [0.15, 0.2) is 5.96 Å². The lowest BCUT2D eigenvalue weighted by Crippen LogP contribution is -2.43. The minimum atomic E-state index is -0.241. The molecule has 3 rings (SSSR count). The van der Waals surface area contributed by atoms with Crippen molar-refractivity contribution in [3.63, 3.8) is 0 Å². The van der Waals surface area contributed by atoms with E-state index in [4.69, 9.17) is 0 Å². The normalized spacial score (nSPS) is 13.9. The first-order chi connectivity index (χ1) is 12.6. The van der Waals surface area contributed by atoms with E-state index in [-0.39, 0.29) is 11.8 Å². The fourth-order valence-corrected chi connectivity index (χ4v) is 3.43. The van der Waals surface area contributed by atoms with E-state index in [2.05, 4.69) is 26.0 Å². The number of hydrogen-bond acceptors (Lipinski definition) is 5. The summed E-state index contributed by atoms with van der Waals surface area (Å²) in [4.78, 5) is 34.5. The van der Waals surface area contributed by atoms with Crippen LogP contribution in [0.4, 0.5) is 0 Å². The van der Waals surface area contributed by atoms with E-state index in [0.29, 0.717) is 36.7 Å². The first kappa shape index (κ1) is 18.1. The summed E-state index contributed by atoms with van der Waals surface area (Å²) in [5, 5.41) is 9.45. The van der Waals surface area contributed by atoms with Gasteiger partial charge >= 0.3 is 0 Å². The van der Waals surface area contributed by atoms with Crippen molar-refractivity contribution in [2.24, 2.45) is 4.99 Å². The molecule has 0 saturated heterocycles. The summed E-state index contributed by atoms with van der Waals surface area (Å²) in [5.41, 5.74) is 2.00. The fraction of sp³-hybridized carbons (Fsp3) is 0.333. The van der Waals surface area contributed by atoms with Crippen LogP contribution in [-0.4, -0.2) is 54.3 Å². The van der Waals surface area contributed by atoms with Crippen LogP contribution in [0.25, 0.3) is 0 Å². The summed E-state index contributed by atoms with van der Waals surface area (Å²) in [7, 11) is 1.68. The van der Waals surface area contributed by atoms with Crippen molar-refractivity contribution < 1.29 is 9.59 Å². The molecule has 1 aliphatic rings. The van der Waals surface area contributed by atoms with Crippen molar-refractivity contribution in [1.82, 2.24) is 20.5 Å². The molecule has 2 heterocycles. The summed E-state index contributed by atoms with van der Waals surface area (Å²) in [5.74, 6) is 0.150. The van der Waals surface area contributed by atoms with E-state index >= 15 is 0 Å². The number of thiazole rings is 1. The minimum Gasteiger partial charge on any atom is -0.356 e. The molecular formula is C18H21N5O2S. The van der Waals surface area contributed by atoms with Crippen LogP contribution in [0.2, 0.25) is 0 Å². The van der Waals surface area contributed by atoms with Gasteiger partial charge in [0.05, 0.1) is 21.8 Å². The first-order valence-electron chi connectivity index (χ1n) is 8.41. The van der Waals surface area contributed by atoms with Gasteiger partial charge in [-0.05, 0) is 19.1 Å². The highest BCUT2D eigenvalue weighted by Gasteiger charge is 2.34. The van der Waals surface area contributed by atoms with Crippen molar-refractivity contribution in [1.29, 1.82) is 0 Å². The molecule has 26 heavy (non-hydrogen) atoms. The summed E-state index contributed by atoms with van der Waals surface area (Å²) < 4.78 is 0. The van der Waals surface area contributed by atoms with Crippen molar-refractivity contribution in [3.8, 4) is 0 Å². The number of benzene rings is 1. The lowest BCUT2D eigenvalue weighted by Gasteiger charge is -2.16. The van der Waals surface area contributed by atoms with Gasteiger partial charge in [-0.3, -0.25) is 19.5 Å². The molecule has 0 radical (unpaired) electrons. The average Bonchev–Trinajstić information content (AvgIpc) is 3.17. The Balaban J connectivity index is 1.45. The van der Waals surface area contributed by atoms with Gasteiger partial charge in [0.25, 0.3) is 11.8 Å². The molecule has 0 saturated carbocycles. The van der Waals surface area contributed by atoms with Crippen molar-refractivity contribution in [2.75, 3.05) is 26.7 Å². The van der Waals surface area contributed by atoms with Crippen LogP contribution in [0.5, 0.6) is 0 Å². The van der Waals surface area contributed by atoms with Gasteiger partial charge in [-0.25, -0.2) is 4.98 Å². The summed E-state index contributed by atoms with van der Waals surface area (Å²) in [6.07, 6.45) is 0.809. The lowest BCUT2D eigenvalue weighted by molar-refractivity contribution is 0.0657. The number of rotatable bonds is 6. The molecule has 7 nitrogen and oxygen atoms in total. The van der Waals surface area contributed by atoms with Gasteiger partial charge in [-0.1, -0.05) is 12.1 Å². The minimum absolute atomic E-state index is 0.241. The number of nitrogens with zero attached hydrogens (tertiary/aromatic N) is 3. The molecule has 136 valence electrons. The van der Waals surface area contributed by atoms with Crippen molar-refractivity contribution in [3.05, 3.63) is 51.5 Å². The Hall–Kier alpha value is -2.74. The third-order valence-corrected chi connectivity index (χ3v) is 4.89. The molecule has 2 N–H and O–H groups in total. The zero-order valence-electron chi connectivity index (χ0n) is 14.8. The second-order valence-corrected chi connectivity index (χ2v) is 6.90. The highest BCUT2D eigenvalue weighted by molar-refractivity contribution is 7.09. The number of carbonyl (C=O) groups is 2. The zero-order valence-corrected chi connectivity index (χ0v) is 15.6. The molecule has 8 heteroatoms. The van der Waals surface area contributed by atoms with Crippen LogP contribution in [0.1, 0.15) is 31.4 Å². The lowest BCUT2D eigenvalue weighted by atomic mass is 10.1. The Labute approximate surface area is 156 Å². The van der Waals surface area contributed by atoms with Crippen LogP contribution in [0.3, 0.4) is 0 Å². The van der Waals surface area contributed by atoms with Crippen LogP contribution < -0.4 is 10.6 Å². The maximum absolute atomic E-state index is 12.3. The monoisotopic (exact) mass is 371 g/mol. The molecule has 0 spiro atoms. The number of imide groups is 1. The molecule has 2 aromatic rings. The summed E-state index contributed by atoms with van der Waals surface area (Å²) in [6.45, 7) is 3.41. The molecular weight excluding hydrogens is 350 g/mol. The number of amides is 2. The SMILES string of the molecule is CN=C(NCCc1csc(C)n1)NCCN1C(=O)c2ccccc2C1=O. The van der Waals surface area contributed by atoms with Crippen LogP contribution in [0.15, 0.2) is 34.6 Å². The summed E-state index contributed by atoms with van der Waals surface area (Å²) in [6, 6.07) is 6.90. The van der Waals surface area contributed by atoms with Gasteiger partial charge < -0.3 is 10.6 Å². The number of guanidine groups is 1. The highest BCUT2D eigenvalue weighted by Crippen LogP contribution is 2.21. The predicted molar refractivity (Wildman–Crippen MR) is 102 cm³/mol. The molecule has 2 amide bonds. The molecule has 0 fully saturated rings. The first-order valence-corrected chi connectivity index (χ1v) is 9.29. The van der Waals surface area contributed by atoms with Crippen molar-refractivity contribution >= 4 is 29.1 Å². The molecule has 1 aliphatic heterocycles. The Morgan fingerprint density at radius 3 is 2.38 bits per heavy atom. The maximum Gasteiger partial charge on any atom is 0.261 e. The number of aliphatic imine (C=N–C) groups is 1. The molecule has 0 unspecified atom stereocenters. The summed E-state index contributed by atoms with van der Waals surface area (Å²) >= 11 is 1.64. The van der Waals surface area contributed by atoms with E-state index in [1.54, 1.807) is 42.6 Å². The van der Waals surface area contributed by atoms with Gasteiger partial charge in [-0.15, -0.1) is 11.3 Å². The maximum atomic E-state index is 12.3. The molecule has 0 aliphatic carbocycles. The standard InChI is InChI=1S/C18H21N5O2S/c1-12-22-13(11-26-12)7-8-20-18(19-2)21-9-10-23-16(24)14-5-3-4-6-15(14)17(23)25/h3-6,11H,7-10H2,1-2H3,(H2,19,20,21). The Bertz CT molecular complexity index is 811. The second kappa shape index (κ2) is 8.09. The quantitative estimate of drug-likeness (QED) is 0.456. The Morgan fingerprint density at radius 2 is 1.81 bits per heavy atom. The van der Waals surface area contributed by atoms with Gasteiger partial charge in [0.2, 0.25) is 0 Å². The number of aryl methyl sites for hydroxylation is 1. The van der Waals surface area contributed by atoms with Crippen LogP contribution in [0, 0.1) is 6.92 Å². The van der Waals surface area contributed by atoms with Crippen LogP contribution >= 0.6 is 11.3 Å². The smallest absolute Gasteiger partial charge is 0.261 e. The van der Waals surface area contributed by atoms with E-state index < -0.39 is 0 Å². The number of aromatic nitrogens is 1. The van der Waals surface area contributed by atoms with Gasteiger partial charge in [-0.2, -0.15) is 0 Å². The number of carbonyl (C=O) groups excluding carboxylic acids is 2. The topological polar surface area (TPSA) is 86.7 Å². The predicted octanol–water partition coefficient (Wildman–Crippen LogP) is 1.46. The van der Waals surface area contributed by atoms with Crippen molar-refractivity contribution in [2.45, 2.75) is 13.3 Å². The van der Waals surface area contributed by atoms with E-state index in [0.717, 1.165) is 17.1 Å². The van der Waals surface area contributed by atoms with E-state index in [1.807, 2.05) is 6.92 Å². The van der Waals surface area contributed by atoms with E-state index in [1.165, 1.54) is 4.90 Å². The van der Waals surface area contributed by atoms with Gasteiger partial charge in [0, 0.05) is 38.5 Å². The number of hydrogen-bond donors (Lipinski definition) is 2. The van der Waals surface area contributed by atoms with E-state index in [9.17, 15) is 9.59 Å². The molecule has 1 aromatic heterocycles. The second-order valence-electron chi connectivity index (χ2n) is 5.84. The Morgan fingerprint density at radius 1 is 1.15 bits per heavy atom. The molecule has 0 atom stereocenters. The highest BCUT2D eigenvalue weighted by atomic mass is 32.1. The fourth-order valence-electron chi connectivity index (χ4n) is 2.78. The van der Waals surface area contributed by atoms with Gasteiger partial charge in [0.1, 0.15) is 0 Å². The zero-order chi connectivity index (χ0) is 18.5. The third kappa shape index (κ3) is 3.91. The third-order valence-electron chi connectivity index (χ3n) is 4.07. The largest absolute Gasteiger partial charge is 0.356 e. The average molecular weight is 371 g/mol. The number of fused-ring (bicyclic) bond motifs is 1. The number of nitrogens with one attached hydrogen (secondary N) is 2.